The summed E-state index contributed by atoms with van der Waals surface area (Å²) in [6.07, 6.45) is 0. The predicted molar refractivity (Wildman–Crippen MR) is 71.5 cm³/mol. The number of halogens is 1. The fourth-order valence-electron chi connectivity index (χ4n) is 1.54. The van der Waals surface area contributed by atoms with Gasteiger partial charge in [-0.2, -0.15) is 0 Å². The molecule has 0 fully saturated rings. The standard InChI is InChI=1S/C14H13BrO2/c1-16-14-12(15)8-5-9-13(14)17-10-11-6-3-2-4-7-11/h2-9H,10H2,1H3. The molecule has 0 aromatic heterocycles. The van der Waals surface area contributed by atoms with Gasteiger partial charge < -0.3 is 9.47 Å². The molecule has 0 N–H and O–H groups in total. The SMILES string of the molecule is COc1c(Br)cccc1OCc1ccccc1. The predicted octanol–water partition coefficient (Wildman–Crippen LogP) is 4.04. The molecule has 0 amide bonds. The summed E-state index contributed by atoms with van der Waals surface area (Å²) in [6, 6.07) is 15.8. The Morgan fingerprint density at radius 1 is 1.00 bits per heavy atom. The summed E-state index contributed by atoms with van der Waals surface area (Å²) in [6.45, 7) is 0.535. The summed E-state index contributed by atoms with van der Waals surface area (Å²) >= 11 is 3.43. The van der Waals surface area contributed by atoms with Gasteiger partial charge in [0.05, 0.1) is 11.6 Å². The molecule has 88 valence electrons. The zero-order valence-electron chi connectivity index (χ0n) is 9.52. The smallest absolute Gasteiger partial charge is 0.174 e. The Morgan fingerprint density at radius 3 is 2.47 bits per heavy atom. The lowest BCUT2D eigenvalue weighted by atomic mass is 10.2. The van der Waals surface area contributed by atoms with E-state index in [2.05, 4.69) is 15.9 Å². The van der Waals surface area contributed by atoms with Crippen LogP contribution in [0.15, 0.2) is 53.0 Å². The lowest BCUT2D eigenvalue weighted by molar-refractivity contribution is 0.283. The number of hydrogen-bond acceptors (Lipinski definition) is 2. The highest BCUT2D eigenvalue weighted by Crippen LogP contribution is 2.35. The fourth-order valence-corrected chi connectivity index (χ4v) is 2.05. The van der Waals surface area contributed by atoms with Crippen LogP contribution in [0.1, 0.15) is 5.56 Å². The molecule has 2 nitrogen and oxygen atoms in total. The van der Waals surface area contributed by atoms with E-state index in [1.54, 1.807) is 7.11 Å². The van der Waals surface area contributed by atoms with E-state index in [0.717, 1.165) is 21.5 Å². The molecule has 2 aromatic rings. The third-order valence-corrected chi connectivity index (χ3v) is 3.00. The van der Waals surface area contributed by atoms with Gasteiger partial charge >= 0.3 is 0 Å². The summed E-state index contributed by atoms with van der Waals surface area (Å²) < 4.78 is 11.9. The van der Waals surface area contributed by atoms with Gasteiger partial charge in [0.2, 0.25) is 0 Å². The van der Waals surface area contributed by atoms with Crippen LogP contribution in [-0.2, 0) is 6.61 Å². The molecule has 0 bridgehead atoms. The highest BCUT2D eigenvalue weighted by Gasteiger charge is 2.07. The van der Waals surface area contributed by atoms with Crippen LogP contribution in [-0.4, -0.2) is 7.11 Å². The number of hydrogen-bond donors (Lipinski definition) is 0. The summed E-state index contributed by atoms with van der Waals surface area (Å²) in [5.74, 6) is 1.47. The van der Waals surface area contributed by atoms with E-state index in [9.17, 15) is 0 Å². The van der Waals surface area contributed by atoms with E-state index in [1.165, 1.54) is 0 Å². The second-order valence-corrected chi connectivity index (χ2v) is 4.40. The van der Waals surface area contributed by atoms with Crippen molar-refractivity contribution >= 4 is 15.9 Å². The third kappa shape index (κ3) is 3.01. The maximum absolute atomic E-state index is 5.74. The van der Waals surface area contributed by atoms with Crippen LogP contribution in [0.4, 0.5) is 0 Å². The highest BCUT2D eigenvalue weighted by atomic mass is 79.9. The lowest BCUT2D eigenvalue weighted by Crippen LogP contribution is -1.97. The molecule has 0 atom stereocenters. The fraction of sp³-hybridized carbons (Fsp3) is 0.143. The molecular formula is C14H13BrO2. The molecule has 0 saturated heterocycles. The zero-order chi connectivity index (χ0) is 12.1. The van der Waals surface area contributed by atoms with Crippen molar-refractivity contribution in [2.24, 2.45) is 0 Å². The van der Waals surface area contributed by atoms with Crippen molar-refractivity contribution in [3.8, 4) is 11.5 Å². The van der Waals surface area contributed by atoms with Crippen LogP contribution in [0.25, 0.3) is 0 Å². The summed E-state index contributed by atoms with van der Waals surface area (Å²) in [4.78, 5) is 0. The monoisotopic (exact) mass is 292 g/mol. The van der Waals surface area contributed by atoms with E-state index in [1.807, 2.05) is 48.5 Å². The van der Waals surface area contributed by atoms with Crippen molar-refractivity contribution in [2.45, 2.75) is 6.61 Å². The van der Waals surface area contributed by atoms with Gasteiger partial charge in [0.1, 0.15) is 6.61 Å². The van der Waals surface area contributed by atoms with Crippen LogP contribution >= 0.6 is 15.9 Å². The Kier molecular flexibility index (Phi) is 4.04. The Hall–Kier alpha value is -1.48. The van der Waals surface area contributed by atoms with Gasteiger partial charge in [-0.15, -0.1) is 0 Å². The summed E-state index contributed by atoms with van der Waals surface area (Å²) in [5.41, 5.74) is 1.13. The maximum Gasteiger partial charge on any atom is 0.174 e. The molecule has 3 heteroatoms. The molecule has 2 rings (SSSR count). The first-order valence-corrected chi connectivity index (χ1v) is 6.10. The number of benzene rings is 2. The average molecular weight is 293 g/mol. The van der Waals surface area contributed by atoms with Crippen molar-refractivity contribution in [3.63, 3.8) is 0 Å². The first kappa shape index (κ1) is 12.0. The van der Waals surface area contributed by atoms with Crippen LogP contribution in [0.3, 0.4) is 0 Å². The van der Waals surface area contributed by atoms with Crippen molar-refractivity contribution in [1.82, 2.24) is 0 Å². The van der Waals surface area contributed by atoms with Crippen LogP contribution < -0.4 is 9.47 Å². The zero-order valence-corrected chi connectivity index (χ0v) is 11.1. The Bertz CT molecular complexity index is 483. The normalized spacial score (nSPS) is 10.0. The van der Waals surface area contributed by atoms with E-state index in [-0.39, 0.29) is 0 Å². The van der Waals surface area contributed by atoms with Crippen LogP contribution in [0.5, 0.6) is 11.5 Å². The van der Waals surface area contributed by atoms with E-state index in [0.29, 0.717) is 6.61 Å². The molecule has 0 unspecified atom stereocenters. The molecular weight excluding hydrogens is 280 g/mol. The van der Waals surface area contributed by atoms with Gasteiger partial charge in [0, 0.05) is 0 Å². The minimum atomic E-state index is 0.535. The van der Waals surface area contributed by atoms with Gasteiger partial charge in [-0.25, -0.2) is 0 Å². The second kappa shape index (κ2) is 5.73. The molecule has 17 heavy (non-hydrogen) atoms. The maximum atomic E-state index is 5.74. The number of para-hydroxylation sites is 1. The number of ether oxygens (including phenoxy) is 2. The van der Waals surface area contributed by atoms with Crippen molar-refractivity contribution in [3.05, 3.63) is 58.6 Å². The van der Waals surface area contributed by atoms with Crippen molar-refractivity contribution < 1.29 is 9.47 Å². The quantitative estimate of drug-likeness (QED) is 0.847. The molecule has 0 saturated carbocycles. The molecule has 0 spiro atoms. The molecule has 0 aliphatic heterocycles. The molecule has 2 aromatic carbocycles. The highest BCUT2D eigenvalue weighted by molar-refractivity contribution is 9.10. The van der Waals surface area contributed by atoms with Crippen LogP contribution in [0, 0.1) is 0 Å². The van der Waals surface area contributed by atoms with Gasteiger partial charge in [-0.3, -0.25) is 0 Å². The largest absolute Gasteiger partial charge is 0.492 e. The minimum Gasteiger partial charge on any atom is -0.492 e. The first-order valence-electron chi connectivity index (χ1n) is 5.30. The molecule has 0 aliphatic rings. The summed E-state index contributed by atoms with van der Waals surface area (Å²) in [7, 11) is 1.63. The molecule has 0 heterocycles. The average Bonchev–Trinajstić information content (AvgIpc) is 2.37. The van der Waals surface area contributed by atoms with E-state index < -0.39 is 0 Å². The van der Waals surface area contributed by atoms with Gasteiger partial charge in [0.25, 0.3) is 0 Å². The second-order valence-electron chi connectivity index (χ2n) is 3.55. The van der Waals surface area contributed by atoms with Gasteiger partial charge in [0.15, 0.2) is 11.5 Å². The number of methoxy groups -OCH3 is 1. The van der Waals surface area contributed by atoms with Gasteiger partial charge in [-0.1, -0.05) is 36.4 Å². The Balaban J connectivity index is 2.12. The van der Waals surface area contributed by atoms with Crippen molar-refractivity contribution in [1.29, 1.82) is 0 Å². The third-order valence-electron chi connectivity index (χ3n) is 2.37. The Labute approximate surface area is 109 Å². The number of rotatable bonds is 4. The van der Waals surface area contributed by atoms with E-state index >= 15 is 0 Å². The van der Waals surface area contributed by atoms with Crippen molar-refractivity contribution in [2.75, 3.05) is 7.11 Å². The van der Waals surface area contributed by atoms with Gasteiger partial charge in [-0.05, 0) is 33.6 Å². The Morgan fingerprint density at radius 2 is 1.76 bits per heavy atom. The van der Waals surface area contributed by atoms with E-state index in [4.69, 9.17) is 9.47 Å². The summed E-state index contributed by atoms with van der Waals surface area (Å²) in [5, 5.41) is 0. The molecule has 0 radical (unpaired) electrons. The van der Waals surface area contributed by atoms with Crippen LogP contribution in [0.2, 0.25) is 0 Å². The first-order chi connectivity index (χ1) is 8.31. The topological polar surface area (TPSA) is 18.5 Å². The lowest BCUT2D eigenvalue weighted by Gasteiger charge is -2.11. The molecule has 0 aliphatic carbocycles. The minimum absolute atomic E-state index is 0.535.